The standard InChI is InChI=1S/C15H20N2O/c1-14(2)11-7-8-15(3,18-14)12(10-11)17-13-6-4-5-9-16-13/h4-6,9,11H,7-8,10H2,1-3H3. The van der Waals surface area contributed by atoms with Gasteiger partial charge in [0.25, 0.3) is 0 Å². The first-order chi connectivity index (χ1) is 8.50. The van der Waals surface area contributed by atoms with Crippen LogP contribution in [0.15, 0.2) is 29.4 Å². The van der Waals surface area contributed by atoms with Crippen LogP contribution in [0, 0.1) is 5.92 Å². The molecule has 3 nitrogen and oxygen atoms in total. The van der Waals surface area contributed by atoms with Crippen molar-refractivity contribution in [1.29, 1.82) is 0 Å². The Morgan fingerprint density at radius 2 is 2.17 bits per heavy atom. The molecule has 2 saturated heterocycles. The molecular formula is C15H20N2O. The van der Waals surface area contributed by atoms with Crippen LogP contribution in [-0.4, -0.2) is 21.9 Å². The van der Waals surface area contributed by atoms with E-state index >= 15 is 0 Å². The molecule has 2 bridgehead atoms. The molecule has 0 radical (unpaired) electrons. The number of ether oxygens (including phenoxy) is 1. The van der Waals surface area contributed by atoms with Gasteiger partial charge in [-0.3, -0.25) is 0 Å². The fraction of sp³-hybridized carbons (Fsp3) is 0.600. The number of rotatable bonds is 1. The second-order valence-corrected chi connectivity index (χ2v) is 6.12. The molecule has 1 aromatic rings. The highest BCUT2D eigenvalue weighted by atomic mass is 16.5. The van der Waals surface area contributed by atoms with Crippen molar-refractivity contribution in [2.75, 3.05) is 0 Å². The van der Waals surface area contributed by atoms with Crippen LogP contribution < -0.4 is 0 Å². The highest BCUT2D eigenvalue weighted by Gasteiger charge is 2.52. The summed E-state index contributed by atoms with van der Waals surface area (Å²) in [5, 5.41) is 0. The number of aromatic nitrogens is 1. The van der Waals surface area contributed by atoms with Gasteiger partial charge in [0.05, 0.1) is 11.3 Å². The lowest BCUT2D eigenvalue weighted by Crippen LogP contribution is -2.59. The van der Waals surface area contributed by atoms with Gasteiger partial charge in [-0.2, -0.15) is 0 Å². The highest BCUT2D eigenvalue weighted by Crippen LogP contribution is 2.48. The van der Waals surface area contributed by atoms with Crippen molar-refractivity contribution < 1.29 is 4.74 Å². The zero-order valence-corrected chi connectivity index (χ0v) is 11.3. The van der Waals surface area contributed by atoms with Gasteiger partial charge >= 0.3 is 0 Å². The van der Waals surface area contributed by atoms with Gasteiger partial charge in [0.1, 0.15) is 5.60 Å². The minimum Gasteiger partial charge on any atom is -0.363 e. The smallest absolute Gasteiger partial charge is 0.151 e. The molecule has 0 aromatic carbocycles. The summed E-state index contributed by atoms with van der Waals surface area (Å²) in [6.45, 7) is 6.57. The molecule has 1 aliphatic carbocycles. The Bertz CT molecular complexity index is 481. The fourth-order valence-corrected chi connectivity index (χ4v) is 3.23. The minimum atomic E-state index is -0.199. The maximum atomic E-state index is 6.29. The highest BCUT2D eigenvalue weighted by molar-refractivity contribution is 5.95. The summed E-state index contributed by atoms with van der Waals surface area (Å²) >= 11 is 0. The van der Waals surface area contributed by atoms with Crippen LogP contribution in [0.25, 0.3) is 0 Å². The Balaban J connectivity index is 1.94. The van der Waals surface area contributed by atoms with Gasteiger partial charge in [0, 0.05) is 6.20 Å². The van der Waals surface area contributed by atoms with Crippen LogP contribution in [-0.2, 0) is 4.74 Å². The lowest BCUT2D eigenvalue weighted by Gasteiger charge is -2.54. The lowest BCUT2D eigenvalue weighted by molar-refractivity contribution is -0.178. The summed E-state index contributed by atoms with van der Waals surface area (Å²) in [6, 6.07) is 5.84. The molecule has 0 N–H and O–H groups in total. The van der Waals surface area contributed by atoms with E-state index in [0.717, 1.165) is 24.4 Å². The third kappa shape index (κ3) is 1.87. The Morgan fingerprint density at radius 3 is 2.78 bits per heavy atom. The predicted molar refractivity (Wildman–Crippen MR) is 72.2 cm³/mol. The van der Waals surface area contributed by atoms with Crippen molar-refractivity contribution in [3.63, 3.8) is 0 Å². The third-order valence-electron chi connectivity index (χ3n) is 4.39. The molecule has 2 unspecified atom stereocenters. The van der Waals surface area contributed by atoms with Gasteiger partial charge in [-0.05, 0) is 58.1 Å². The number of hydrogen-bond donors (Lipinski definition) is 0. The van der Waals surface area contributed by atoms with Crippen LogP contribution in [0.3, 0.4) is 0 Å². The number of fused-ring (bicyclic) bond motifs is 3. The van der Waals surface area contributed by atoms with Crippen molar-refractivity contribution in [1.82, 2.24) is 4.98 Å². The molecule has 96 valence electrons. The first kappa shape index (κ1) is 11.8. The Morgan fingerprint density at radius 1 is 1.33 bits per heavy atom. The van der Waals surface area contributed by atoms with Gasteiger partial charge in [0.2, 0.25) is 0 Å². The lowest BCUT2D eigenvalue weighted by atomic mass is 9.67. The summed E-state index contributed by atoms with van der Waals surface area (Å²) in [5.41, 5.74) is 0.947. The largest absolute Gasteiger partial charge is 0.363 e. The van der Waals surface area contributed by atoms with Crippen molar-refractivity contribution in [3.05, 3.63) is 24.4 Å². The molecule has 0 amide bonds. The van der Waals surface area contributed by atoms with E-state index in [4.69, 9.17) is 9.73 Å². The Kier molecular flexibility index (Phi) is 2.56. The van der Waals surface area contributed by atoms with E-state index in [2.05, 4.69) is 25.8 Å². The number of nitrogens with zero attached hydrogens (tertiary/aromatic N) is 2. The Labute approximate surface area is 108 Å². The molecular weight excluding hydrogens is 224 g/mol. The van der Waals surface area contributed by atoms with Crippen LogP contribution in [0.4, 0.5) is 5.82 Å². The van der Waals surface area contributed by atoms with Gasteiger partial charge in [-0.15, -0.1) is 0 Å². The van der Waals surface area contributed by atoms with Crippen LogP contribution >= 0.6 is 0 Å². The summed E-state index contributed by atoms with van der Waals surface area (Å²) in [5.74, 6) is 1.38. The van der Waals surface area contributed by atoms with E-state index in [9.17, 15) is 0 Å². The molecule has 3 heteroatoms. The van der Waals surface area contributed by atoms with Crippen LogP contribution in [0.2, 0.25) is 0 Å². The van der Waals surface area contributed by atoms with Crippen LogP contribution in [0.1, 0.15) is 40.0 Å². The zero-order valence-electron chi connectivity index (χ0n) is 11.3. The number of hydrogen-bond acceptors (Lipinski definition) is 3. The third-order valence-corrected chi connectivity index (χ3v) is 4.39. The zero-order chi connectivity index (χ0) is 12.8. The molecule has 1 saturated carbocycles. The molecule has 4 rings (SSSR count). The van der Waals surface area contributed by atoms with Gasteiger partial charge in [-0.25, -0.2) is 9.98 Å². The summed E-state index contributed by atoms with van der Waals surface area (Å²) in [4.78, 5) is 9.00. The summed E-state index contributed by atoms with van der Waals surface area (Å²) in [7, 11) is 0. The molecule has 18 heavy (non-hydrogen) atoms. The van der Waals surface area contributed by atoms with E-state index in [1.807, 2.05) is 18.2 Å². The summed E-state index contributed by atoms with van der Waals surface area (Å²) in [6.07, 6.45) is 5.14. The molecule has 3 aliphatic rings. The summed E-state index contributed by atoms with van der Waals surface area (Å²) < 4.78 is 6.29. The maximum absolute atomic E-state index is 6.29. The predicted octanol–water partition coefficient (Wildman–Crippen LogP) is 3.52. The normalized spacial score (nSPS) is 35.9. The first-order valence-corrected chi connectivity index (χ1v) is 6.69. The average molecular weight is 244 g/mol. The van der Waals surface area contributed by atoms with E-state index in [1.165, 1.54) is 6.42 Å². The quantitative estimate of drug-likeness (QED) is 0.757. The van der Waals surface area contributed by atoms with E-state index in [1.54, 1.807) is 6.20 Å². The maximum Gasteiger partial charge on any atom is 0.151 e. The van der Waals surface area contributed by atoms with Crippen molar-refractivity contribution >= 4 is 11.5 Å². The van der Waals surface area contributed by atoms with E-state index < -0.39 is 0 Å². The van der Waals surface area contributed by atoms with E-state index in [0.29, 0.717) is 5.92 Å². The fourth-order valence-electron chi connectivity index (χ4n) is 3.23. The SMILES string of the molecule is CC12CCC(CC1=Nc1ccccn1)C(C)(C)O2. The van der Waals surface area contributed by atoms with Crippen LogP contribution in [0.5, 0.6) is 0 Å². The number of pyridine rings is 1. The van der Waals surface area contributed by atoms with Gasteiger partial charge in [0.15, 0.2) is 5.82 Å². The molecule has 2 atom stereocenters. The van der Waals surface area contributed by atoms with Crippen molar-refractivity contribution in [3.8, 4) is 0 Å². The molecule has 0 spiro atoms. The second kappa shape index (κ2) is 3.89. The Hall–Kier alpha value is -1.22. The van der Waals surface area contributed by atoms with Gasteiger partial charge < -0.3 is 4.74 Å². The van der Waals surface area contributed by atoms with E-state index in [-0.39, 0.29) is 11.2 Å². The first-order valence-electron chi connectivity index (χ1n) is 6.69. The van der Waals surface area contributed by atoms with Crippen molar-refractivity contribution in [2.45, 2.75) is 51.2 Å². The van der Waals surface area contributed by atoms with Crippen molar-refractivity contribution in [2.24, 2.45) is 10.9 Å². The van der Waals surface area contributed by atoms with Gasteiger partial charge in [-0.1, -0.05) is 6.07 Å². The molecule has 1 aromatic heterocycles. The molecule has 2 aliphatic heterocycles. The minimum absolute atomic E-state index is 0.0177. The molecule has 3 fully saturated rings. The number of aliphatic imine (C=N–C) groups is 1. The average Bonchev–Trinajstić information content (AvgIpc) is 2.31. The molecule has 3 heterocycles. The monoisotopic (exact) mass is 244 g/mol. The second-order valence-electron chi connectivity index (χ2n) is 6.12. The topological polar surface area (TPSA) is 34.5 Å².